The fourth-order valence-electron chi connectivity index (χ4n) is 3.42. The molecule has 2 heterocycles. The summed E-state index contributed by atoms with van der Waals surface area (Å²) in [4.78, 5) is 27.8. The van der Waals surface area contributed by atoms with Gasteiger partial charge in [-0.2, -0.15) is 11.8 Å². The van der Waals surface area contributed by atoms with Gasteiger partial charge in [-0.1, -0.05) is 0 Å². The van der Waals surface area contributed by atoms with E-state index < -0.39 is 12.0 Å². The minimum Gasteiger partial charge on any atom is -0.480 e. The van der Waals surface area contributed by atoms with E-state index in [1.807, 2.05) is 6.92 Å². The fraction of sp³-hybridized carbons (Fsp3) is 0.857. The third kappa shape index (κ3) is 2.96. The molecule has 2 aliphatic rings. The molecule has 0 aliphatic carbocycles. The molecule has 6 heteroatoms. The number of carbonyl (C=O) groups excluding carboxylic acids is 1. The minimum atomic E-state index is -0.889. The summed E-state index contributed by atoms with van der Waals surface area (Å²) in [5.74, 6) is 0.408. The quantitative estimate of drug-likeness (QED) is 0.850. The molecule has 4 atom stereocenters. The van der Waals surface area contributed by atoms with E-state index in [1.54, 1.807) is 16.7 Å². The number of nitrogens with zero attached hydrogens (tertiary/aromatic N) is 2. The number of likely N-dealkylation sites (tertiary alicyclic amines) is 1. The smallest absolute Gasteiger partial charge is 0.327 e. The summed E-state index contributed by atoms with van der Waals surface area (Å²) in [5, 5.41) is 9.29. The molecule has 0 saturated carbocycles. The van der Waals surface area contributed by atoms with Gasteiger partial charge in [0.15, 0.2) is 0 Å². The molecule has 0 aromatic heterocycles. The molecule has 2 rings (SSSR count). The topological polar surface area (TPSA) is 60.9 Å². The Balaban J connectivity index is 2.10. The van der Waals surface area contributed by atoms with Crippen LogP contribution in [-0.4, -0.2) is 69.0 Å². The number of thioether (sulfide) groups is 1. The molecule has 0 radical (unpaired) electrons. The standard InChI is InChI=1S/C14H24N2O3S/c1-9-4-5-10(2)16(9)11(3)13(17)15-6-7-20-8-12(15)14(18)19/h9-12H,4-8H2,1-3H3,(H,18,19). The van der Waals surface area contributed by atoms with Crippen LogP contribution in [0.1, 0.15) is 33.6 Å². The average Bonchev–Trinajstić information content (AvgIpc) is 2.76. The van der Waals surface area contributed by atoms with Crippen molar-refractivity contribution in [1.29, 1.82) is 0 Å². The Morgan fingerprint density at radius 1 is 1.25 bits per heavy atom. The van der Waals surface area contributed by atoms with Crippen LogP contribution >= 0.6 is 11.8 Å². The molecule has 5 nitrogen and oxygen atoms in total. The first-order valence-electron chi connectivity index (χ1n) is 7.32. The Kier molecular flexibility index (Phi) is 4.96. The van der Waals surface area contributed by atoms with Crippen molar-refractivity contribution in [2.75, 3.05) is 18.1 Å². The van der Waals surface area contributed by atoms with Crippen molar-refractivity contribution in [1.82, 2.24) is 9.80 Å². The van der Waals surface area contributed by atoms with Gasteiger partial charge in [0.05, 0.1) is 6.04 Å². The zero-order valence-electron chi connectivity index (χ0n) is 12.4. The molecule has 0 spiro atoms. The number of hydrogen-bond donors (Lipinski definition) is 1. The highest BCUT2D eigenvalue weighted by Gasteiger charge is 2.40. The number of carbonyl (C=O) groups is 2. The molecule has 2 saturated heterocycles. The molecule has 1 N–H and O–H groups in total. The van der Waals surface area contributed by atoms with Crippen LogP contribution in [-0.2, 0) is 9.59 Å². The van der Waals surface area contributed by atoms with Crippen molar-refractivity contribution in [3.8, 4) is 0 Å². The maximum Gasteiger partial charge on any atom is 0.327 e. The first-order valence-corrected chi connectivity index (χ1v) is 8.47. The minimum absolute atomic E-state index is 0.0294. The van der Waals surface area contributed by atoms with Gasteiger partial charge in [0, 0.05) is 30.1 Å². The lowest BCUT2D eigenvalue weighted by molar-refractivity contribution is -0.151. The van der Waals surface area contributed by atoms with Crippen LogP contribution in [0.2, 0.25) is 0 Å². The molecule has 2 fully saturated rings. The number of aliphatic carboxylic acids is 1. The van der Waals surface area contributed by atoms with Gasteiger partial charge in [-0.05, 0) is 33.6 Å². The van der Waals surface area contributed by atoms with E-state index in [1.165, 1.54) is 0 Å². The molecule has 0 bridgehead atoms. The van der Waals surface area contributed by atoms with Crippen LogP contribution in [0.3, 0.4) is 0 Å². The predicted molar refractivity (Wildman–Crippen MR) is 79.9 cm³/mol. The van der Waals surface area contributed by atoms with Gasteiger partial charge in [-0.3, -0.25) is 9.69 Å². The third-order valence-electron chi connectivity index (χ3n) is 4.52. The molecule has 1 amide bonds. The molecular weight excluding hydrogens is 276 g/mol. The number of carboxylic acids is 1. The summed E-state index contributed by atoms with van der Waals surface area (Å²) >= 11 is 1.61. The highest BCUT2D eigenvalue weighted by molar-refractivity contribution is 7.99. The van der Waals surface area contributed by atoms with E-state index in [2.05, 4.69) is 18.7 Å². The molecule has 0 aromatic carbocycles. The highest BCUT2D eigenvalue weighted by atomic mass is 32.2. The second-order valence-corrected chi connectivity index (χ2v) is 7.01. The second-order valence-electron chi connectivity index (χ2n) is 5.86. The van der Waals surface area contributed by atoms with Gasteiger partial charge in [0.25, 0.3) is 0 Å². The first kappa shape index (κ1) is 15.6. The first-order chi connectivity index (χ1) is 9.43. The predicted octanol–water partition coefficient (Wildman–Crippen LogP) is 1.28. The second kappa shape index (κ2) is 6.35. The van der Waals surface area contributed by atoms with E-state index in [9.17, 15) is 14.7 Å². The summed E-state index contributed by atoms with van der Waals surface area (Å²) in [6.45, 7) is 6.75. The maximum atomic E-state index is 12.7. The Bertz CT molecular complexity index is 381. The van der Waals surface area contributed by atoms with Gasteiger partial charge in [-0.25, -0.2) is 4.79 Å². The summed E-state index contributed by atoms with van der Waals surface area (Å²) in [6, 6.07) is -0.109. The number of amides is 1. The van der Waals surface area contributed by atoms with Crippen LogP contribution in [0.5, 0.6) is 0 Å². The van der Waals surface area contributed by atoms with Gasteiger partial charge >= 0.3 is 5.97 Å². The molecule has 4 unspecified atom stereocenters. The highest BCUT2D eigenvalue weighted by Crippen LogP contribution is 2.28. The van der Waals surface area contributed by atoms with E-state index in [0.29, 0.717) is 24.4 Å². The Morgan fingerprint density at radius 2 is 1.85 bits per heavy atom. The zero-order chi connectivity index (χ0) is 14.9. The maximum absolute atomic E-state index is 12.7. The van der Waals surface area contributed by atoms with Gasteiger partial charge in [0.1, 0.15) is 6.04 Å². The van der Waals surface area contributed by atoms with Crippen molar-refractivity contribution in [2.24, 2.45) is 0 Å². The third-order valence-corrected chi connectivity index (χ3v) is 5.54. The summed E-state index contributed by atoms with van der Waals surface area (Å²) in [7, 11) is 0. The van der Waals surface area contributed by atoms with E-state index in [-0.39, 0.29) is 11.9 Å². The Labute approximate surface area is 124 Å². The summed E-state index contributed by atoms with van der Waals surface area (Å²) in [6.07, 6.45) is 2.22. The monoisotopic (exact) mass is 300 g/mol. The van der Waals surface area contributed by atoms with E-state index >= 15 is 0 Å². The number of rotatable bonds is 3. The number of hydrogen-bond acceptors (Lipinski definition) is 4. The van der Waals surface area contributed by atoms with Gasteiger partial charge in [0.2, 0.25) is 5.91 Å². The Hall–Kier alpha value is -0.750. The molecule has 114 valence electrons. The average molecular weight is 300 g/mol. The van der Waals surface area contributed by atoms with Crippen LogP contribution in [0.4, 0.5) is 0 Å². The summed E-state index contributed by atoms with van der Waals surface area (Å²) in [5.41, 5.74) is 0. The lowest BCUT2D eigenvalue weighted by Crippen LogP contribution is -2.57. The van der Waals surface area contributed by atoms with E-state index in [0.717, 1.165) is 18.6 Å². The number of carboxylic acid groups (broad SMARTS) is 1. The molecule has 20 heavy (non-hydrogen) atoms. The van der Waals surface area contributed by atoms with Crippen LogP contribution in [0.15, 0.2) is 0 Å². The SMILES string of the molecule is CC1CCC(C)N1C(C)C(=O)N1CCSCC1C(=O)O. The van der Waals surface area contributed by atoms with Crippen LogP contribution < -0.4 is 0 Å². The lowest BCUT2D eigenvalue weighted by atomic mass is 10.1. The lowest BCUT2D eigenvalue weighted by Gasteiger charge is -2.39. The molecule has 0 aromatic rings. The largest absolute Gasteiger partial charge is 0.480 e. The van der Waals surface area contributed by atoms with Gasteiger partial charge < -0.3 is 10.0 Å². The zero-order valence-corrected chi connectivity index (χ0v) is 13.2. The molecule has 2 aliphatic heterocycles. The summed E-state index contributed by atoms with van der Waals surface area (Å²) < 4.78 is 0. The fourth-order valence-corrected chi connectivity index (χ4v) is 4.46. The van der Waals surface area contributed by atoms with E-state index in [4.69, 9.17) is 0 Å². The van der Waals surface area contributed by atoms with Crippen LogP contribution in [0.25, 0.3) is 0 Å². The normalized spacial score (nSPS) is 33.1. The Morgan fingerprint density at radius 3 is 2.40 bits per heavy atom. The van der Waals surface area contributed by atoms with Gasteiger partial charge in [-0.15, -0.1) is 0 Å². The van der Waals surface area contributed by atoms with Crippen LogP contribution in [0, 0.1) is 0 Å². The van der Waals surface area contributed by atoms with Crippen molar-refractivity contribution in [3.05, 3.63) is 0 Å². The molecular formula is C14H24N2O3S. The van der Waals surface area contributed by atoms with Crippen molar-refractivity contribution in [3.63, 3.8) is 0 Å². The van der Waals surface area contributed by atoms with Crippen molar-refractivity contribution in [2.45, 2.75) is 57.8 Å². The van der Waals surface area contributed by atoms with Crippen molar-refractivity contribution >= 4 is 23.6 Å². The van der Waals surface area contributed by atoms with Crippen molar-refractivity contribution < 1.29 is 14.7 Å².